The highest BCUT2D eigenvalue weighted by Gasteiger charge is 2.33. The van der Waals surface area contributed by atoms with Gasteiger partial charge in [0, 0.05) is 0 Å². The molecule has 2 N–H and O–H groups in total. The van der Waals surface area contributed by atoms with E-state index in [-0.39, 0.29) is 0 Å². The Kier molecular flexibility index (Phi) is 3.43. The van der Waals surface area contributed by atoms with Crippen LogP contribution in [0.15, 0.2) is 24.3 Å². The molecule has 0 radical (unpaired) electrons. The first kappa shape index (κ1) is 12.4. The summed E-state index contributed by atoms with van der Waals surface area (Å²) in [4.78, 5) is 0. The zero-order valence-corrected chi connectivity index (χ0v) is 9.50. The third-order valence-corrected chi connectivity index (χ3v) is 3.33. The largest absolute Gasteiger partial charge is 0.416 e. The standard InChI is InChI=1S/C13H16F3N/c14-13(15,16)11-5-3-10(4-6-11)12(7-8-17)9-1-2-9/h3-6,9,12H,1-2,7-8,17H2. The Bertz CT molecular complexity index is 365. The molecule has 1 fully saturated rings. The van der Waals surface area contributed by atoms with Gasteiger partial charge in [-0.3, -0.25) is 0 Å². The average Bonchev–Trinajstić information content (AvgIpc) is 3.09. The van der Waals surface area contributed by atoms with Gasteiger partial charge in [0.15, 0.2) is 0 Å². The molecule has 4 heteroatoms. The fraction of sp³-hybridized carbons (Fsp3) is 0.538. The predicted molar refractivity (Wildman–Crippen MR) is 60.6 cm³/mol. The SMILES string of the molecule is NCCC(c1ccc(C(F)(F)F)cc1)C1CC1. The molecule has 1 saturated carbocycles. The zero-order chi connectivity index (χ0) is 12.5. The molecule has 0 aromatic heterocycles. The normalized spacial score (nSPS) is 18.1. The van der Waals surface area contributed by atoms with Gasteiger partial charge in [-0.2, -0.15) is 13.2 Å². The first-order valence-corrected chi connectivity index (χ1v) is 5.89. The van der Waals surface area contributed by atoms with Crippen LogP contribution in [-0.4, -0.2) is 6.54 Å². The molecule has 0 bridgehead atoms. The monoisotopic (exact) mass is 243 g/mol. The Morgan fingerprint density at radius 2 is 1.76 bits per heavy atom. The van der Waals surface area contributed by atoms with Crippen LogP contribution in [0.1, 0.15) is 36.3 Å². The van der Waals surface area contributed by atoms with E-state index in [0.717, 1.165) is 12.0 Å². The Hall–Kier alpha value is -1.03. The molecule has 2 rings (SSSR count). The van der Waals surface area contributed by atoms with E-state index in [9.17, 15) is 13.2 Å². The number of benzene rings is 1. The topological polar surface area (TPSA) is 26.0 Å². The van der Waals surface area contributed by atoms with E-state index in [1.165, 1.54) is 25.0 Å². The van der Waals surface area contributed by atoms with Gasteiger partial charge < -0.3 is 5.73 Å². The molecule has 1 atom stereocenters. The van der Waals surface area contributed by atoms with Crippen molar-refractivity contribution in [3.05, 3.63) is 35.4 Å². The van der Waals surface area contributed by atoms with Crippen LogP contribution in [0.5, 0.6) is 0 Å². The van der Waals surface area contributed by atoms with Crippen molar-refractivity contribution >= 4 is 0 Å². The summed E-state index contributed by atoms with van der Waals surface area (Å²) in [6.45, 7) is 0.586. The van der Waals surface area contributed by atoms with Gasteiger partial charge in [0.25, 0.3) is 0 Å². The smallest absolute Gasteiger partial charge is 0.330 e. The van der Waals surface area contributed by atoms with Crippen LogP contribution in [0, 0.1) is 5.92 Å². The minimum Gasteiger partial charge on any atom is -0.330 e. The van der Waals surface area contributed by atoms with Crippen molar-refractivity contribution in [2.45, 2.75) is 31.4 Å². The summed E-state index contributed by atoms with van der Waals surface area (Å²) in [6, 6.07) is 5.53. The van der Waals surface area contributed by atoms with Crippen LogP contribution in [-0.2, 0) is 6.18 Å². The van der Waals surface area contributed by atoms with E-state index in [2.05, 4.69) is 0 Å². The molecule has 1 aliphatic carbocycles. The van der Waals surface area contributed by atoms with Crippen molar-refractivity contribution in [3.8, 4) is 0 Å². The van der Waals surface area contributed by atoms with Crippen molar-refractivity contribution in [2.24, 2.45) is 11.7 Å². The summed E-state index contributed by atoms with van der Waals surface area (Å²) < 4.78 is 37.3. The van der Waals surface area contributed by atoms with E-state index in [0.29, 0.717) is 18.4 Å². The molecule has 94 valence electrons. The van der Waals surface area contributed by atoms with E-state index in [1.54, 1.807) is 12.1 Å². The van der Waals surface area contributed by atoms with Crippen LogP contribution in [0.2, 0.25) is 0 Å². The molecule has 1 aliphatic rings. The van der Waals surface area contributed by atoms with E-state index in [1.807, 2.05) is 0 Å². The molecule has 0 heterocycles. The summed E-state index contributed by atoms with van der Waals surface area (Å²) in [5, 5.41) is 0. The lowest BCUT2D eigenvalue weighted by molar-refractivity contribution is -0.137. The lowest BCUT2D eigenvalue weighted by Gasteiger charge is -2.16. The molecule has 1 nitrogen and oxygen atoms in total. The molecule has 0 spiro atoms. The Balaban J connectivity index is 2.15. The summed E-state index contributed by atoms with van der Waals surface area (Å²) in [6.07, 6.45) is -1.05. The number of alkyl halides is 3. The van der Waals surface area contributed by atoms with Crippen molar-refractivity contribution in [1.29, 1.82) is 0 Å². The summed E-state index contributed by atoms with van der Waals surface area (Å²) >= 11 is 0. The van der Waals surface area contributed by atoms with Gasteiger partial charge in [-0.25, -0.2) is 0 Å². The zero-order valence-electron chi connectivity index (χ0n) is 9.50. The van der Waals surface area contributed by atoms with E-state index in [4.69, 9.17) is 5.73 Å². The molecular weight excluding hydrogens is 227 g/mol. The minimum absolute atomic E-state index is 0.335. The maximum absolute atomic E-state index is 12.4. The number of halogens is 3. The Labute approximate surface area is 98.8 Å². The van der Waals surface area contributed by atoms with Crippen LogP contribution < -0.4 is 5.73 Å². The van der Waals surface area contributed by atoms with Gasteiger partial charge >= 0.3 is 6.18 Å². The van der Waals surface area contributed by atoms with Crippen LogP contribution in [0.4, 0.5) is 13.2 Å². The quantitative estimate of drug-likeness (QED) is 0.859. The second-order valence-electron chi connectivity index (χ2n) is 4.64. The lowest BCUT2D eigenvalue weighted by Crippen LogP contribution is -2.10. The first-order valence-electron chi connectivity index (χ1n) is 5.89. The second kappa shape index (κ2) is 4.69. The van der Waals surface area contributed by atoms with E-state index >= 15 is 0 Å². The number of rotatable bonds is 4. The molecular formula is C13H16F3N. The van der Waals surface area contributed by atoms with Gasteiger partial charge in [-0.1, -0.05) is 12.1 Å². The number of hydrogen-bond acceptors (Lipinski definition) is 1. The molecule has 1 unspecified atom stereocenters. The highest BCUT2D eigenvalue weighted by atomic mass is 19.4. The van der Waals surface area contributed by atoms with Gasteiger partial charge in [0.1, 0.15) is 0 Å². The molecule has 1 aromatic carbocycles. The fourth-order valence-corrected chi connectivity index (χ4v) is 2.27. The first-order chi connectivity index (χ1) is 8.02. The van der Waals surface area contributed by atoms with Crippen LogP contribution in [0.3, 0.4) is 0 Å². The average molecular weight is 243 g/mol. The molecule has 1 aromatic rings. The van der Waals surface area contributed by atoms with Gasteiger partial charge in [0.2, 0.25) is 0 Å². The summed E-state index contributed by atoms with van der Waals surface area (Å²) in [5.41, 5.74) is 5.96. The van der Waals surface area contributed by atoms with Crippen LogP contribution >= 0.6 is 0 Å². The van der Waals surface area contributed by atoms with Gasteiger partial charge in [-0.05, 0) is 55.3 Å². The maximum Gasteiger partial charge on any atom is 0.416 e. The summed E-state index contributed by atoms with van der Waals surface area (Å²) in [7, 11) is 0. The fourth-order valence-electron chi connectivity index (χ4n) is 2.27. The Morgan fingerprint density at radius 1 is 1.18 bits per heavy atom. The number of nitrogens with two attached hydrogens (primary N) is 1. The highest BCUT2D eigenvalue weighted by molar-refractivity contribution is 5.28. The third kappa shape index (κ3) is 3.00. The van der Waals surface area contributed by atoms with Crippen molar-refractivity contribution < 1.29 is 13.2 Å². The predicted octanol–water partition coefficient (Wildman–Crippen LogP) is 3.55. The number of hydrogen-bond donors (Lipinski definition) is 1. The Morgan fingerprint density at radius 3 is 2.18 bits per heavy atom. The van der Waals surface area contributed by atoms with E-state index < -0.39 is 11.7 Å². The second-order valence-corrected chi connectivity index (χ2v) is 4.64. The lowest BCUT2D eigenvalue weighted by atomic mass is 9.90. The summed E-state index contributed by atoms with van der Waals surface area (Å²) in [5.74, 6) is 0.956. The molecule has 0 amide bonds. The van der Waals surface area contributed by atoms with Gasteiger partial charge in [-0.15, -0.1) is 0 Å². The van der Waals surface area contributed by atoms with Crippen molar-refractivity contribution in [3.63, 3.8) is 0 Å². The maximum atomic E-state index is 12.4. The minimum atomic E-state index is -4.25. The molecule has 0 saturated heterocycles. The highest BCUT2D eigenvalue weighted by Crippen LogP contribution is 2.44. The molecule has 0 aliphatic heterocycles. The van der Waals surface area contributed by atoms with Gasteiger partial charge in [0.05, 0.1) is 5.56 Å². The van der Waals surface area contributed by atoms with Crippen LogP contribution in [0.25, 0.3) is 0 Å². The third-order valence-electron chi connectivity index (χ3n) is 3.33. The van der Waals surface area contributed by atoms with Crippen molar-refractivity contribution in [2.75, 3.05) is 6.54 Å². The van der Waals surface area contributed by atoms with Crippen molar-refractivity contribution in [1.82, 2.24) is 0 Å². The molecule has 17 heavy (non-hydrogen) atoms.